The maximum atomic E-state index is 12.9. The Morgan fingerprint density at radius 1 is 1.38 bits per heavy atom. The van der Waals surface area contributed by atoms with Crippen LogP contribution in [0.5, 0.6) is 0 Å². The van der Waals surface area contributed by atoms with E-state index in [1.165, 1.54) is 5.56 Å². The molecule has 116 valence electrons. The summed E-state index contributed by atoms with van der Waals surface area (Å²) in [6.07, 6.45) is 5.92. The number of hydrogen-bond donors (Lipinski definition) is 0. The molecule has 0 bridgehead atoms. The van der Waals surface area contributed by atoms with Crippen LogP contribution in [-0.4, -0.2) is 63.9 Å². The van der Waals surface area contributed by atoms with E-state index in [0.717, 1.165) is 39.0 Å². The van der Waals surface area contributed by atoms with Gasteiger partial charge in [0.15, 0.2) is 0 Å². The van der Waals surface area contributed by atoms with Crippen LogP contribution < -0.4 is 0 Å². The molecule has 1 aromatic heterocycles. The zero-order valence-electron chi connectivity index (χ0n) is 12.9. The number of carbonyl (C=O) groups is 1. The number of carbonyl (C=O) groups excluding carboxylic acids is 1. The molecule has 6 heteroatoms. The summed E-state index contributed by atoms with van der Waals surface area (Å²) in [5.74, 6) is 0.257. The maximum Gasteiger partial charge on any atom is 0.242 e. The Morgan fingerprint density at radius 3 is 2.81 bits per heavy atom. The first-order valence-corrected chi connectivity index (χ1v) is 7.69. The largest absolute Gasteiger partial charge is 0.378 e. The van der Waals surface area contributed by atoms with Gasteiger partial charge in [0.05, 0.1) is 24.9 Å². The third-order valence-corrected chi connectivity index (χ3v) is 4.68. The highest BCUT2D eigenvalue weighted by Gasteiger charge is 2.45. The number of aryl methyl sites for hydroxylation is 1. The fourth-order valence-electron chi connectivity index (χ4n) is 3.40. The SMILES string of the molecule is Cn1cc(CN2CCC[C@]2(C)C(=O)N2CCOCC2)cn1. The van der Waals surface area contributed by atoms with Crippen molar-refractivity contribution in [1.82, 2.24) is 19.6 Å². The first-order chi connectivity index (χ1) is 10.1. The third-order valence-electron chi connectivity index (χ3n) is 4.68. The number of hydrogen-bond acceptors (Lipinski definition) is 4. The van der Waals surface area contributed by atoms with Crippen LogP contribution in [0, 0.1) is 0 Å². The van der Waals surface area contributed by atoms with Crippen molar-refractivity contribution in [3.05, 3.63) is 18.0 Å². The Kier molecular flexibility index (Phi) is 3.99. The topological polar surface area (TPSA) is 50.6 Å². The van der Waals surface area contributed by atoms with Crippen molar-refractivity contribution in [2.45, 2.75) is 31.8 Å². The Balaban J connectivity index is 1.72. The summed E-state index contributed by atoms with van der Waals surface area (Å²) < 4.78 is 7.16. The molecule has 1 aromatic rings. The molecule has 0 radical (unpaired) electrons. The molecule has 2 fully saturated rings. The number of nitrogens with zero attached hydrogens (tertiary/aromatic N) is 4. The number of morpholine rings is 1. The van der Waals surface area contributed by atoms with Crippen LogP contribution in [0.25, 0.3) is 0 Å². The van der Waals surface area contributed by atoms with E-state index in [4.69, 9.17) is 4.74 Å². The second-order valence-corrected chi connectivity index (χ2v) is 6.23. The highest BCUT2D eigenvalue weighted by Crippen LogP contribution is 2.32. The Hall–Kier alpha value is -1.40. The van der Waals surface area contributed by atoms with Crippen LogP contribution in [-0.2, 0) is 23.1 Å². The van der Waals surface area contributed by atoms with Gasteiger partial charge in [0, 0.05) is 38.4 Å². The highest BCUT2D eigenvalue weighted by molar-refractivity contribution is 5.86. The molecule has 2 aliphatic rings. The highest BCUT2D eigenvalue weighted by atomic mass is 16.5. The van der Waals surface area contributed by atoms with Crippen molar-refractivity contribution in [2.24, 2.45) is 7.05 Å². The molecule has 0 aromatic carbocycles. The summed E-state index contributed by atoms with van der Waals surface area (Å²) in [6, 6.07) is 0. The molecule has 2 aliphatic heterocycles. The van der Waals surface area contributed by atoms with Gasteiger partial charge in [0.25, 0.3) is 0 Å². The average molecular weight is 292 g/mol. The van der Waals surface area contributed by atoms with Gasteiger partial charge >= 0.3 is 0 Å². The minimum Gasteiger partial charge on any atom is -0.378 e. The Morgan fingerprint density at radius 2 is 2.14 bits per heavy atom. The number of aromatic nitrogens is 2. The Bertz CT molecular complexity index is 510. The fraction of sp³-hybridized carbons (Fsp3) is 0.733. The number of amides is 1. The number of likely N-dealkylation sites (tertiary alicyclic amines) is 1. The van der Waals surface area contributed by atoms with E-state index in [0.29, 0.717) is 13.2 Å². The first-order valence-electron chi connectivity index (χ1n) is 7.69. The van der Waals surface area contributed by atoms with Crippen LogP contribution in [0.1, 0.15) is 25.3 Å². The summed E-state index contributed by atoms with van der Waals surface area (Å²) in [5.41, 5.74) is 0.785. The third kappa shape index (κ3) is 2.82. The van der Waals surface area contributed by atoms with Crippen molar-refractivity contribution in [3.8, 4) is 0 Å². The molecule has 6 nitrogen and oxygen atoms in total. The molecule has 0 spiro atoms. The van der Waals surface area contributed by atoms with Crippen LogP contribution >= 0.6 is 0 Å². The summed E-state index contributed by atoms with van der Waals surface area (Å²) in [4.78, 5) is 17.2. The lowest BCUT2D eigenvalue weighted by molar-refractivity contribution is -0.146. The van der Waals surface area contributed by atoms with Gasteiger partial charge in [-0.25, -0.2) is 0 Å². The second-order valence-electron chi connectivity index (χ2n) is 6.23. The predicted octanol–water partition coefficient (Wildman–Crippen LogP) is 0.633. The van der Waals surface area contributed by atoms with Crippen LogP contribution in [0.15, 0.2) is 12.4 Å². The molecule has 0 unspecified atom stereocenters. The van der Waals surface area contributed by atoms with E-state index >= 15 is 0 Å². The van der Waals surface area contributed by atoms with Crippen molar-refractivity contribution >= 4 is 5.91 Å². The molecular weight excluding hydrogens is 268 g/mol. The van der Waals surface area contributed by atoms with E-state index in [-0.39, 0.29) is 11.4 Å². The fourth-order valence-corrected chi connectivity index (χ4v) is 3.40. The van der Waals surface area contributed by atoms with Gasteiger partial charge in [-0.05, 0) is 26.3 Å². The van der Waals surface area contributed by atoms with E-state index in [1.807, 2.05) is 29.0 Å². The molecular formula is C15H24N4O2. The van der Waals surface area contributed by atoms with Gasteiger partial charge < -0.3 is 9.64 Å². The lowest BCUT2D eigenvalue weighted by Crippen LogP contribution is -2.56. The van der Waals surface area contributed by atoms with E-state index in [9.17, 15) is 4.79 Å². The van der Waals surface area contributed by atoms with Crippen molar-refractivity contribution in [2.75, 3.05) is 32.8 Å². The summed E-state index contributed by atoms with van der Waals surface area (Å²) in [5, 5.41) is 4.22. The van der Waals surface area contributed by atoms with Gasteiger partial charge in [-0.3, -0.25) is 14.4 Å². The zero-order chi connectivity index (χ0) is 14.9. The van der Waals surface area contributed by atoms with Gasteiger partial charge in [0.1, 0.15) is 0 Å². The van der Waals surface area contributed by atoms with Crippen molar-refractivity contribution in [1.29, 1.82) is 0 Å². The molecule has 2 saturated heterocycles. The van der Waals surface area contributed by atoms with Gasteiger partial charge in [0.2, 0.25) is 5.91 Å². The molecule has 3 heterocycles. The molecule has 3 rings (SSSR count). The second kappa shape index (κ2) is 5.77. The monoisotopic (exact) mass is 292 g/mol. The zero-order valence-corrected chi connectivity index (χ0v) is 12.9. The van der Waals surface area contributed by atoms with Crippen LogP contribution in [0.4, 0.5) is 0 Å². The van der Waals surface area contributed by atoms with Crippen LogP contribution in [0.2, 0.25) is 0 Å². The minimum atomic E-state index is -0.382. The molecule has 1 atom stereocenters. The van der Waals surface area contributed by atoms with Crippen LogP contribution in [0.3, 0.4) is 0 Å². The van der Waals surface area contributed by atoms with E-state index < -0.39 is 0 Å². The van der Waals surface area contributed by atoms with Gasteiger partial charge in [-0.1, -0.05) is 0 Å². The summed E-state index contributed by atoms with van der Waals surface area (Å²) >= 11 is 0. The number of rotatable bonds is 3. The normalized spacial score (nSPS) is 27.2. The van der Waals surface area contributed by atoms with Gasteiger partial charge in [-0.2, -0.15) is 5.10 Å². The quantitative estimate of drug-likeness (QED) is 0.820. The van der Waals surface area contributed by atoms with Crippen molar-refractivity contribution < 1.29 is 9.53 Å². The number of ether oxygens (including phenoxy) is 1. The summed E-state index contributed by atoms with van der Waals surface area (Å²) in [6.45, 7) is 6.61. The lowest BCUT2D eigenvalue weighted by Gasteiger charge is -2.39. The standard InChI is InChI=1S/C15H24N4O2/c1-15(14(20)18-6-8-21-9-7-18)4-3-5-19(15)12-13-10-16-17(2)11-13/h10-11H,3-9,12H2,1-2H3/t15-/m1/s1. The molecule has 1 amide bonds. The van der Waals surface area contributed by atoms with E-state index in [1.54, 1.807) is 0 Å². The lowest BCUT2D eigenvalue weighted by atomic mass is 9.96. The average Bonchev–Trinajstić information content (AvgIpc) is 3.07. The van der Waals surface area contributed by atoms with E-state index in [2.05, 4.69) is 16.9 Å². The molecule has 0 aliphatic carbocycles. The molecule has 21 heavy (non-hydrogen) atoms. The van der Waals surface area contributed by atoms with Crippen molar-refractivity contribution in [3.63, 3.8) is 0 Å². The minimum absolute atomic E-state index is 0.257. The predicted molar refractivity (Wildman–Crippen MR) is 78.7 cm³/mol. The maximum absolute atomic E-state index is 12.9. The van der Waals surface area contributed by atoms with Gasteiger partial charge in [-0.15, -0.1) is 0 Å². The smallest absolute Gasteiger partial charge is 0.242 e. The molecule has 0 N–H and O–H groups in total. The summed E-state index contributed by atoms with van der Waals surface area (Å²) in [7, 11) is 1.92. The first kappa shape index (κ1) is 14.5. The Labute approximate surface area is 125 Å². The molecule has 0 saturated carbocycles.